The summed E-state index contributed by atoms with van der Waals surface area (Å²) >= 11 is 0. The van der Waals surface area contributed by atoms with Crippen LogP contribution in [0.5, 0.6) is 0 Å². The molecule has 4 nitrogen and oxygen atoms in total. The summed E-state index contributed by atoms with van der Waals surface area (Å²) in [5.41, 5.74) is 5.80. The molecule has 3 N–H and O–H groups in total. The summed E-state index contributed by atoms with van der Waals surface area (Å²) in [5, 5.41) is 2.91. The first-order valence-corrected chi connectivity index (χ1v) is 6.76. The number of nitrogens with zero attached hydrogens (tertiary/aromatic N) is 1. The maximum absolute atomic E-state index is 11.7. The van der Waals surface area contributed by atoms with Gasteiger partial charge < -0.3 is 16.0 Å². The second-order valence-corrected chi connectivity index (χ2v) is 4.96. The molecule has 0 saturated heterocycles. The smallest absolute Gasteiger partial charge is 0.236 e. The van der Waals surface area contributed by atoms with Crippen LogP contribution in [-0.2, 0) is 4.79 Å². The molecule has 0 aliphatic rings. The predicted octanol–water partition coefficient (Wildman–Crippen LogP) is 1.21. The maximum Gasteiger partial charge on any atom is 0.236 e. The van der Waals surface area contributed by atoms with E-state index in [4.69, 9.17) is 5.73 Å². The minimum Gasteiger partial charge on any atom is -0.353 e. The van der Waals surface area contributed by atoms with Crippen molar-refractivity contribution in [3.63, 3.8) is 0 Å². The fourth-order valence-corrected chi connectivity index (χ4v) is 1.83. The van der Waals surface area contributed by atoms with Gasteiger partial charge in [0.25, 0.3) is 0 Å². The molecule has 0 fully saturated rings. The highest BCUT2D eigenvalue weighted by Gasteiger charge is 2.14. The molecule has 0 radical (unpaired) electrons. The number of carbonyl (C=O) groups excluding carboxylic acids is 1. The third-order valence-electron chi connectivity index (χ3n) is 2.78. The van der Waals surface area contributed by atoms with Crippen LogP contribution in [0.4, 0.5) is 0 Å². The number of rotatable bonds is 9. The first-order chi connectivity index (χ1) is 8.01. The van der Waals surface area contributed by atoms with Gasteiger partial charge in [0.15, 0.2) is 0 Å². The van der Waals surface area contributed by atoms with Crippen molar-refractivity contribution in [2.45, 2.75) is 46.6 Å². The van der Waals surface area contributed by atoms with E-state index in [1.54, 1.807) is 0 Å². The second kappa shape index (κ2) is 9.42. The zero-order chi connectivity index (χ0) is 13.3. The van der Waals surface area contributed by atoms with Gasteiger partial charge in [-0.1, -0.05) is 27.7 Å². The van der Waals surface area contributed by atoms with Crippen LogP contribution in [0.1, 0.15) is 40.5 Å². The molecule has 1 unspecified atom stereocenters. The minimum absolute atomic E-state index is 0.0220. The summed E-state index contributed by atoms with van der Waals surface area (Å²) in [5.74, 6) is 0.439. The molecule has 0 aromatic heterocycles. The summed E-state index contributed by atoms with van der Waals surface area (Å²) < 4.78 is 0. The average molecular weight is 243 g/mol. The summed E-state index contributed by atoms with van der Waals surface area (Å²) in [4.78, 5) is 14.0. The Kier molecular flexibility index (Phi) is 9.09. The predicted molar refractivity (Wildman–Crippen MR) is 72.8 cm³/mol. The van der Waals surface area contributed by atoms with Gasteiger partial charge in [0.2, 0.25) is 5.91 Å². The van der Waals surface area contributed by atoms with Crippen molar-refractivity contribution in [3.05, 3.63) is 0 Å². The van der Waals surface area contributed by atoms with Gasteiger partial charge in [0, 0.05) is 13.1 Å². The number of likely N-dealkylation sites (N-methyl/N-ethyl adjacent to an activating group) is 1. The molecule has 0 aliphatic heterocycles. The molecule has 0 saturated carbocycles. The van der Waals surface area contributed by atoms with E-state index in [9.17, 15) is 4.79 Å². The fourth-order valence-electron chi connectivity index (χ4n) is 1.83. The van der Waals surface area contributed by atoms with Crippen molar-refractivity contribution >= 4 is 5.91 Å². The monoisotopic (exact) mass is 243 g/mol. The van der Waals surface area contributed by atoms with Crippen LogP contribution in [0, 0.1) is 5.92 Å². The Morgan fingerprint density at radius 1 is 1.29 bits per heavy atom. The number of nitrogens with two attached hydrogens (primary N) is 1. The van der Waals surface area contributed by atoms with Gasteiger partial charge in [0.1, 0.15) is 0 Å². The molecule has 17 heavy (non-hydrogen) atoms. The molecule has 0 bridgehead atoms. The van der Waals surface area contributed by atoms with Gasteiger partial charge in [-0.05, 0) is 31.8 Å². The van der Waals surface area contributed by atoms with Gasteiger partial charge >= 0.3 is 0 Å². The lowest BCUT2D eigenvalue weighted by molar-refractivity contribution is -0.122. The fraction of sp³-hybridized carbons (Fsp3) is 0.923. The molecule has 1 amide bonds. The molecule has 0 aliphatic carbocycles. The van der Waals surface area contributed by atoms with Crippen LogP contribution in [0.25, 0.3) is 0 Å². The highest BCUT2D eigenvalue weighted by atomic mass is 16.2. The van der Waals surface area contributed by atoms with Crippen molar-refractivity contribution in [1.29, 1.82) is 0 Å². The highest BCUT2D eigenvalue weighted by Crippen LogP contribution is 2.02. The van der Waals surface area contributed by atoms with Crippen LogP contribution >= 0.6 is 0 Å². The van der Waals surface area contributed by atoms with E-state index in [-0.39, 0.29) is 11.9 Å². The van der Waals surface area contributed by atoms with Crippen molar-refractivity contribution in [2.24, 2.45) is 11.7 Å². The normalized spacial score (nSPS) is 13.1. The molecule has 1 atom stereocenters. The van der Waals surface area contributed by atoms with E-state index in [0.717, 1.165) is 32.5 Å². The standard InChI is InChI=1S/C13H29N3O/c1-5-8-16(6-2)9-7-15-13(17)12(14)10-11(3)4/h11-12H,5-10,14H2,1-4H3,(H,15,17). The van der Waals surface area contributed by atoms with Gasteiger partial charge in [-0.3, -0.25) is 4.79 Å². The molecule has 102 valence electrons. The summed E-state index contributed by atoms with van der Waals surface area (Å²) in [6.07, 6.45) is 1.90. The average Bonchev–Trinajstić information content (AvgIpc) is 2.26. The first-order valence-electron chi connectivity index (χ1n) is 6.76. The van der Waals surface area contributed by atoms with E-state index in [2.05, 4.69) is 37.9 Å². The number of nitrogens with one attached hydrogen (secondary N) is 1. The van der Waals surface area contributed by atoms with Crippen molar-refractivity contribution in [1.82, 2.24) is 10.2 Å². The van der Waals surface area contributed by atoms with E-state index in [1.165, 1.54) is 0 Å². The van der Waals surface area contributed by atoms with Crippen LogP contribution in [0.2, 0.25) is 0 Å². The number of hydrogen-bond acceptors (Lipinski definition) is 3. The molecule has 4 heteroatoms. The molecule has 0 heterocycles. The highest BCUT2D eigenvalue weighted by molar-refractivity contribution is 5.81. The lowest BCUT2D eigenvalue weighted by Crippen LogP contribution is -2.44. The number of carbonyl (C=O) groups is 1. The van der Waals surface area contributed by atoms with Crippen molar-refractivity contribution in [3.8, 4) is 0 Å². The van der Waals surface area contributed by atoms with Gasteiger partial charge in [-0.25, -0.2) is 0 Å². The second-order valence-electron chi connectivity index (χ2n) is 4.96. The minimum atomic E-state index is -0.365. The van der Waals surface area contributed by atoms with E-state index in [0.29, 0.717) is 12.5 Å². The lowest BCUT2D eigenvalue weighted by Gasteiger charge is -2.20. The molecule has 0 aromatic rings. The quantitative estimate of drug-likeness (QED) is 0.640. The Morgan fingerprint density at radius 3 is 2.41 bits per heavy atom. The Labute approximate surface area is 106 Å². The largest absolute Gasteiger partial charge is 0.353 e. The molecular weight excluding hydrogens is 214 g/mol. The van der Waals surface area contributed by atoms with Crippen LogP contribution < -0.4 is 11.1 Å². The topological polar surface area (TPSA) is 58.4 Å². The Hall–Kier alpha value is -0.610. The first kappa shape index (κ1) is 16.4. The summed E-state index contributed by atoms with van der Waals surface area (Å²) in [6.45, 7) is 12.2. The van der Waals surface area contributed by atoms with E-state index < -0.39 is 0 Å². The molecule has 0 spiro atoms. The van der Waals surface area contributed by atoms with Gasteiger partial charge in [0.05, 0.1) is 6.04 Å². The Balaban J connectivity index is 3.75. The Bertz CT molecular complexity index is 207. The number of hydrogen-bond donors (Lipinski definition) is 2. The SMILES string of the molecule is CCCN(CC)CCNC(=O)C(N)CC(C)C. The van der Waals surface area contributed by atoms with Crippen LogP contribution in [-0.4, -0.2) is 43.0 Å². The third kappa shape index (κ3) is 8.16. The van der Waals surface area contributed by atoms with E-state index >= 15 is 0 Å². The zero-order valence-corrected chi connectivity index (χ0v) is 11.8. The third-order valence-corrected chi connectivity index (χ3v) is 2.78. The molecule has 0 aromatic carbocycles. The zero-order valence-electron chi connectivity index (χ0n) is 11.8. The van der Waals surface area contributed by atoms with Crippen LogP contribution in [0.3, 0.4) is 0 Å². The maximum atomic E-state index is 11.7. The molecule has 0 rings (SSSR count). The summed E-state index contributed by atoms with van der Waals surface area (Å²) in [7, 11) is 0. The van der Waals surface area contributed by atoms with Crippen LogP contribution in [0.15, 0.2) is 0 Å². The summed E-state index contributed by atoms with van der Waals surface area (Å²) in [6, 6.07) is -0.365. The van der Waals surface area contributed by atoms with Gasteiger partial charge in [-0.2, -0.15) is 0 Å². The van der Waals surface area contributed by atoms with Gasteiger partial charge in [-0.15, -0.1) is 0 Å². The van der Waals surface area contributed by atoms with E-state index in [1.807, 2.05) is 0 Å². The van der Waals surface area contributed by atoms with Crippen molar-refractivity contribution < 1.29 is 4.79 Å². The number of amides is 1. The molecular formula is C13H29N3O. The van der Waals surface area contributed by atoms with Crippen molar-refractivity contribution in [2.75, 3.05) is 26.2 Å². The Morgan fingerprint density at radius 2 is 1.94 bits per heavy atom. The lowest BCUT2D eigenvalue weighted by atomic mass is 10.0.